The van der Waals surface area contributed by atoms with Crippen LogP contribution in [0.4, 0.5) is 0 Å². The molecule has 0 amide bonds. The SMILES string of the molecule is NS(=O)(=O)CCNCC1CCCO1. The maximum atomic E-state index is 10.5. The van der Waals surface area contributed by atoms with Crippen molar-refractivity contribution in [1.82, 2.24) is 5.32 Å². The molecule has 0 spiro atoms. The van der Waals surface area contributed by atoms with Crippen molar-refractivity contribution in [3.8, 4) is 0 Å². The van der Waals surface area contributed by atoms with E-state index in [4.69, 9.17) is 9.88 Å². The Bertz CT molecular complexity index is 234. The molecule has 5 nitrogen and oxygen atoms in total. The van der Waals surface area contributed by atoms with Gasteiger partial charge in [-0.15, -0.1) is 0 Å². The van der Waals surface area contributed by atoms with E-state index in [1.165, 1.54) is 0 Å². The lowest BCUT2D eigenvalue weighted by Crippen LogP contribution is -2.32. The standard InChI is InChI=1S/C7H16N2O3S/c8-13(10,11)5-3-9-6-7-2-1-4-12-7/h7,9H,1-6H2,(H2,8,10,11). The van der Waals surface area contributed by atoms with Crippen molar-refractivity contribution in [1.29, 1.82) is 0 Å². The summed E-state index contributed by atoms with van der Waals surface area (Å²) in [5.74, 6) is -0.0142. The van der Waals surface area contributed by atoms with Crippen LogP contribution in [0.5, 0.6) is 0 Å². The summed E-state index contributed by atoms with van der Waals surface area (Å²) >= 11 is 0. The second-order valence-electron chi connectivity index (χ2n) is 3.21. The van der Waals surface area contributed by atoms with Crippen molar-refractivity contribution in [3.63, 3.8) is 0 Å². The highest BCUT2D eigenvalue weighted by Gasteiger charge is 2.14. The summed E-state index contributed by atoms with van der Waals surface area (Å²) in [6, 6.07) is 0. The lowest BCUT2D eigenvalue weighted by Gasteiger charge is -2.09. The molecule has 1 unspecified atom stereocenters. The van der Waals surface area contributed by atoms with Crippen LogP contribution < -0.4 is 10.5 Å². The van der Waals surface area contributed by atoms with E-state index in [1.807, 2.05) is 0 Å². The first-order valence-corrected chi connectivity index (χ1v) is 6.12. The summed E-state index contributed by atoms with van der Waals surface area (Å²) in [4.78, 5) is 0. The minimum atomic E-state index is -3.32. The van der Waals surface area contributed by atoms with Crippen LogP contribution in [-0.2, 0) is 14.8 Å². The largest absolute Gasteiger partial charge is 0.377 e. The fourth-order valence-electron chi connectivity index (χ4n) is 1.28. The minimum Gasteiger partial charge on any atom is -0.377 e. The average Bonchev–Trinajstić information content (AvgIpc) is 2.48. The molecule has 3 N–H and O–H groups in total. The molecule has 1 fully saturated rings. The number of nitrogens with one attached hydrogen (secondary N) is 1. The van der Waals surface area contributed by atoms with Crippen molar-refractivity contribution in [2.24, 2.45) is 5.14 Å². The molecule has 78 valence electrons. The van der Waals surface area contributed by atoms with Gasteiger partial charge in [0.25, 0.3) is 0 Å². The molecule has 1 rings (SSSR count). The van der Waals surface area contributed by atoms with Gasteiger partial charge in [-0.05, 0) is 12.8 Å². The summed E-state index contributed by atoms with van der Waals surface area (Å²) in [6.07, 6.45) is 2.41. The highest BCUT2D eigenvalue weighted by molar-refractivity contribution is 7.89. The van der Waals surface area contributed by atoms with Crippen LogP contribution in [0.15, 0.2) is 0 Å². The summed E-state index contributed by atoms with van der Waals surface area (Å²) < 4.78 is 26.4. The normalized spacial score (nSPS) is 23.6. The molecule has 1 heterocycles. The molecule has 0 aromatic carbocycles. The monoisotopic (exact) mass is 208 g/mol. The van der Waals surface area contributed by atoms with E-state index in [9.17, 15) is 8.42 Å². The highest BCUT2D eigenvalue weighted by atomic mass is 32.2. The number of hydrogen-bond acceptors (Lipinski definition) is 4. The Morgan fingerprint density at radius 3 is 2.85 bits per heavy atom. The predicted molar refractivity (Wildman–Crippen MR) is 49.8 cm³/mol. The molecule has 0 radical (unpaired) electrons. The molecule has 0 bridgehead atoms. The molecule has 0 aromatic rings. The van der Waals surface area contributed by atoms with Crippen LogP contribution in [-0.4, -0.2) is 40.0 Å². The number of nitrogens with two attached hydrogens (primary N) is 1. The van der Waals surface area contributed by atoms with E-state index in [1.54, 1.807) is 0 Å². The summed E-state index contributed by atoms with van der Waals surface area (Å²) in [7, 11) is -3.32. The predicted octanol–water partition coefficient (Wildman–Crippen LogP) is -0.956. The zero-order chi connectivity index (χ0) is 9.73. The second-order valence-corrected chi connectivity index (χ2v) is 4.94. The molecule has 0 saturated carbocycles. The maximum absolute atomic E-state index is 10.5. The zero-order valence-corrected chi connectivity index (χ0v) is 8.35. The topological polar surface area (TPSA) is 81.4 Å². The highest BCUT2D eigenvalue weighted by Crippen LogP contribution is 2.10. The Morgan fingerprint density at radius 2 is 2.31 bits per heavy atom. The Hall–Kier alpha value is -0.170. The van der Waals surface area contributed by atoms with Crippen molar-refractivity contribution in [2.45, 2.75) is 18.9 Å². The van der Waals surface area contributed by atoms with Crippen LogP contribution in [0.1, 0.15) is 12.8 Å². The van der Waals surface area contributed by atoms with Crippen molar-refractivity contribution < 1.29 is 13.2 Å². The smallest absolute Gasteiger partial charge is 0.210 e. The van der Waals surface area contributed by atoms with Gasteiger partial charge < -0.3 is 10.1 Å². The molecule has 1 saturated heterocycles. The Balaban J connectivity index is 2.01. The fraction of sp³-hybridized carbons (Fsp3) is 1.00. The minimum absolute atomic E-state index is 0.0142. The third-order valence-corrected chi connectivity index (χ3v) is 2.73. The number of hydrogen-bond donors (Lipinski definition) is 2. The quantitative estimate of drug-likeness (QED) is 0.570. The summed E-state index contributed by atoms with van der Waals surface area (Å²) in [5.41, 5.74) is 0. The molecular formula is C7H16N2O3S. The third kappa shape index (κ3) is 5.20. The Kier molecular flexibility index (Phi) is 4.11. The zero-order valence-electron chi connectivity index (χ0n) is 7.53. The van der Waals surface area contributed by atoms with E-state index in [0.717, 1.165) is 26.0 Å². The summed E-state index contributed by atoms with van der Waals surface area (Å²) in [6.45, 7) is 1.94. The number of primary sulfonamides is 1. The Morgan fingerprint density at radius 1 is 1.54 bits per heavy atom. The van der Waals surface area contributed by atoms with Gasteiger partial charge in [0.05, 0.1) is 11.9 Å². The molecule has 0 aromatic heterocycles. The molecular weight excluding hydrogens is 192 g/mol. The van der Waals surface area contributed by atoms with Gasteiger partial charge in [0.1, 0.15) is 0 Å². The van der Waals surface area contributed by atoms with E-state index in [-0.39, 0.29) is 11.9 Å². The van der Waals surface area contributed by atoms with Crippen molar-refractivity contribution >= 4 is 10.0 Å². The van der Waals surface area contributed by atoms with Gasteiger partial charge in [0.2, 0.25) is 10.0 Å². The molecule has 0 aliphatic carbocycles. The lowest BCUT2D eigenvalue weighted by molar-refractivity contribution is 0.110. The lowest BCUT2D eigenvalue weighted by atomic mass is 10.2. The van der Waals surface area contributed by atoms with Gasteiger partial charge in [0.15, 0.2) is 0 Å². The first-order valence-electron chi connectivity index (χ1n) is 4.41. The maximum Gasteiger partial charge on any atom is 0.210 e. The second kappa shape index (κ2) is 4.90. The van der Waals surface area contributed by atoms with Gasteiger partial charge in [-0.25, -0.2) is 13.6 Å². The summed E-state index contributed by atoms with van der Waals surface area (Å²) in [5, 5.41) is 7.83. The van der Waals surface area contributed by atoms with Gasteiger partial charge in [-0.3, -0.25) is 0 Å². The van der Waals surface area contributed by atoms with Crippen molar-refractivity contribution in [3.05, 3.63) is 0 Å². The average molecular weight is 208 g/mol. The number of sulfonamides is 1. The molecule has 13 heavy (non-hydrogen) atoms. The van der Waals surface area contributed by atoms with Crippen LogP contribution in [0.3, 0.4) is 0 Å². The van der Waals surface area contributed by atoms with Crippen molar-refractivity contribution in [2.75, 3.05) is 25.4 Å². The van der Waals surface area contributed by atoms with E-state index >= 15 is 0 Å². The first kappa shape index (κ1) is 10.9. The van der Waals surface area contributed by atoms with E-state index in [0.29, 0.717) is 6.54 Å². The van der Waals surface area contributed by atoms with Gasteiger partial charge >= 0.3 is 0 Å². The van der Waals surface area contributed by atoms with Crippen LogP contribution in [0, 0.1) is 0 Å². The van der Waals surface area contributed by atoms with Crippen LogP contribution >= 0.6 is 0 Å². The van der Waals surface area contributed by atoms with E-state index < -0.39 is 10.0 Å². The third-order valence-electron chi connectivity index (χ3n) is 1.96. The van der Waals surface area contributed by atoms with Gasteiger partial charge in [-0.2, -0.15) is 0 Å². The van der Waals surface area contributed by atoms with Crippen LogP contribution in [0.2, 0.25) is 0 Å². The molecule has 1 aliphatic rings. The molecule has 1 aliphatic heterocycles. The van der Waals surface area contributed by atoms with Crippen LogP contribution in [0.25, 0.3) is 0 Å². The van der Waals surface area contributed by atoms with E-state index in [2.05, 4.69) is 5.32 Å². The first-order chi connectivity index (χ1) is 6.08. The molecule has 1 atom stereocenters. The van der Waals surface area contributed by atoms with Gasteiger partial charge in [-0.1, -0.05) is 0 Å². The fourth-order valence-corrected chi connectivity index (χ4v) is 1.71. The van der Waals surface area contributed by atoms with Gasteiger partial charge in [0, 0.05) is 19.7 Å². The Labute approximate surface area is 78.7 Å². The molecule has 6 heteroatoms. The number of ether oxygens (including phenoxy) is 1. The number of rotatable bonds is 5.